The standard InChI is InChI=1S/C20H19ClN4O/c1-12-7-8-15(11-13(12)2)23-20-22-10-9-18(25-20)19(26)24-17-6-4-5-16(21)14(17)3/h4-11H,1-3H3,(H,24,26)(H,22,23,25). The fourth-order valence-electron chi connectivity index (χ4n) is 2.42. The van der Waals surface area contributed by atoms with Gasteiger partial charge in [-0.05, 0) is 67.8 Å². The maximum absolute atomic E-state index is 12.5. The smallest absolute Gasteiger partial charge is 0.274 e. The number of carbonyl (C=O) groups excluding carboxylic acids is 1. The molecule has 132 valence electrons. The summed E-state index contributed by atoms with van der Waals surface area (Å²) < 4.78 is 0. The Morgan fingerprint density at radius 1 is 1.04 bits per heavy atom. The van der Waals surface area contributed by atoms with Crippen molar-refractivity contribution in [3.05, 3.63) is 76.1 Å². The molecular weight excluding hydrogens is 348 g/mol. The Morgan fingerprint density at radius 3 is 2.62 bits per heavy atom. The van der Waals surface area contributed by atoms with E-state index in [1.807, 2.05) is 32.0 Å². The van der Waals surface area contributed by atoms with Gasteiger partial charge in [0.2, 0.25) is 5.95 Å². The first kappa shape index (κ1) is 17.9. The topological polar surface area (TPSA) is 66.9 Å². The highest BCUT2D eigenvalue weighted by atomic mass is 35.5. The zero-order valence-electron chi connectivity index (χ0n) is 14.8. The maximum atomic E-state index is 12.5. The summed E-state index contributed by atoms with van der Waals surface area (Å²) in [4.78, 5) is 21.0. The minimum absolute atomic E-state index is 0.269. The van der Waals surface area contributed by atoms with Crippen LogP contribution in [-0.4, -0.2) is 15.9 Å². The van der Waals surface area contributed by atoms with Crippen molar-refractivity contribution in [2.75, 3.05) is 10.6 Å². The third kappa shape index (κ3) is 4.00. The Kier molecular flexibility index (Phi) is 5.19. The zero-order valence-corrected chi connectivity index (χ0v) is 15.6. The molecule has 0 saturated carbocycles. The van der Waals surface area contributed by atoms with Gasteiger partial charge in [0, 0.05) is 22.6 Å². The van der Waals surface area contributed by atoms with Crippen LogP contribution in [0.3, 0.4) is 0 Å². The molecule has 0 fully saturated rings. The normalized spacial score (nSPS) is 10.5. The van der Waals surface area contributed by atoms with E-state index in [9.17, 15) is 4.79 Å². The lowest BCUT2D eigenvalue weighted by Crippen LogP contribution is -2.15. The van der Waals surface area contributed by atoms with Gasteiger partial charge >= 0.3 is 0 Å². The molecule has 3 rings (SSSR count). The van der Waals surface area contributed by atoms with Crippen LogP contribution in [-0.2, 0) is 0 Å². The molecule has 0 bridgehead atoms. The van der Waals surface area contributed by atoms with Gasteiger partial charge < -0.3 is 10.6 Å². The summed E-state index contributed by atoms with van der Waals surface area (Å²) in [6.45, 7) is 5.95. The average Bonchev–Trinajstić information content (AvgIpc) is 2.62. The highest BCUT2D eigenvalue weighted by molar-refractivity contribution is 6.31. The molecule has 2 N–H and O–H groups in total. The first-order valence-corrected chi connectivity index (χ1v) is 8.55. The van der Waals surface area contributed by atoms with Crippen molar-refractivity contribution in [3.8, 4) is 0 Å². The van der Waals surface area contributed by atoms with Gasteiger partial charge in [0.05, 0.1) is 0 Å². The van der Waals surface area contributed by atoms with Crippen LogP contribution in [0.5, 0.6) is 0 Å². The molecule has 0 aliphatic rings. The van der Waals surface area contributed by atoms with E-state index in [1.54, 1.807) is 30.5 Å². The average molecular weight is 367 g/mol. The SMILES string of the molecule is Cc1ccc(Nc2nccc(C(=O)Nc3cccc(Cl)c3C)n2)cc1C. The molecule has 0 radical (unpaired) electrons. The number of hydrogen-bond acceptors (Lipinski definition) is 4. The number of nitrogens with zero attached hydrogens (tertiary/aromatic N) is 2. The lowest BCUT2D eigenvalue weighted by molar-refractivity contribution is 0.102. The van der Waals surface area contributed by atoms with Crippen molar-refractivity contribution >= 4 is 34.8 Å². The van der Waals surface area contributed by atoms with Gasteiger partial charge in [-0.3, -0.25) is 4.79 Å². The molecule has 1 heterocycles. The molecule has 1 amide bonds. The third-order valence-corrected chi connectivity index (χ3v) is 4.58. The number of nitrogens with one attached hydrogen (secondary N) is 2. The molecule has 0 aliphatic carbocycles. The number of halogens is 1. The Labute approximate surface area is 157 Å². The second-order valence-electron chi connectivity index (χ2n) is 6.06. The van der Waals surface area contributed by atoms with E-state index in [0.717, 1.165) is 11.3 Å². The van der Waals surface area contributed by atoms with Gasteiger partial charge in [0.1, 0.15) is 5.69 Å². The summed E-state index contributed by atoms with van der Waals surface area (Å²) in [6, 6.07) is 12.9. The van der Waals surface area contributed by atoms with E-state index in [1.165, 1.54) is 11.1 Å². The van der Waals surface area contributed by atoms with E-state index in [-0.39, 0.29) is 11.6 Å². The van der Waals surface area contributed by atoms with Crippen LogP contribution >= 0.6 is 11.6 Å². The van der Waals surface area contributed by atoms with Gasteiger partial charge in [-0.25, -0.2) is 9.97 Å². The number of aromatic nitrogens is 2. The molecule has 5 nitrogen and oxygen atoms in total. The van der Waals surface area contributed by atoms with Crippen LogP contribution in [0.15, 0.2) is 48.7 Å². The Hall–Kier alpha value is -2.92. The summed E-state index contributed by atoms with van der Waals surface area (Å²) in [6.07, 6.45) is 1.55. The van der Waals surface area contributed by atoms with Crippen molar-refractivity contribution in [1.82, 2.24) is 9.97 Å². The quantitative estimate of drug-likeness (QED) is 0.678. The van der Waals surface area contributed by atoms with Gasteiger partial charge in [-0.2, -0.15) is 0 Å². The van der Waals surface area contributed by atoms with Crippen molar-refractivity contribution < 1.29 is 4.79 Å². The highest BCUT2D eigenvalue weighted by Crippen LogP contribution is 2.23. The first-order chi connectivity index (χ1) is 12.4. The summed E-state index contributed by atoms with van der Waals surface area (Å²) in [5.74, 6) is 0.0459. The molecule has 0 saturated heterocycles. The zero-order chi connectivity index (χ0) is 18.7. The predicted octanol–water partition coefficient (Wildman–Crippen LogP) is 5.05. The number of amides is 1. The van der Waals surface area contributed by atoms with Crippen LogP contribution < -0.4 is 10.6 Å². The highest BCUT2D eigenvalue weighted by Gasteiger charge is 2.12. The molecular formula is C20H19ClN4O. The van der Waals surface area contributed by atoms with Crippen molar-refractivity contribution in [3.63, 3.8) is 0 Å². The number of benzene rings is 2. The second kappa shape index (κ2) is 7.54. The van der Waals surface area contributed by atoms with E-state index >= 15 is 0 Å². The molecule has 3 aromatic rings. The first-order valence-electron chi connectivity index (χ1n) is 8.18. The molecule has 0 aliphatic heterocycles. The number of aryl methyl sites for hydroxylation is 2. The second-order valence-corrected chi connectivity index (χ2v) is 6.46. The van der Waals surface area contributed by atoms with E-state index < -0.39 is 0 Å². The predicted molar refractivity (Wildman–Crippen MR) is 105 cm³/mol. The van der Waals surface area contributed by atoms with Crippen LogP contribution in [0.4, 0.5) is 17.3 Å². The lowest BCUT2D eigenvalue weighted by Gasteiger charge is -2.10. The lowest BCUT2D eigenvalue weighted by atomic mass is 10.1. The van der Waals surface area contributed by atoms with E-state index in [2.05, 4.69) is 27.5 Å². The summed E-state index contributed by atoms with van der Waals surface area (Å²) in [5, 5.41) is 6.56. The molecule has 1 aromatic heterocycles. The fourth-order valence-corrected chi connectivity index (χ4v) is 2.60. The van der Waals surface area contributed by atoms with Crippen molar-refractivity contribution in [2.24, 2.45) is 0 Å². The van der Waals surface area contributed by atoms with E-state index in [4.69, 9.17) is 11.6 Å². The number of carbonyl (C=O) groups is 1. The molecule has 6 heteroatoms. The molecule has 0 spiro atoms. The molecule has 2 aromatic carbocycles. The van der Waals surface area contributed by atoms with Crippen LogP contribution in [0, 0.1) is 20.8 Å². The Morgan fingerprint density at radius 2 is 1.85 bits per heavy atom. The fraction of sp³-hybridized carbons (Fsp3) is 0.150. The minimum Gasteiger partial charge on any atom is -0.324 e. The van der Waals surface area contributed by atoms with Crippen LogP contribution in [0.25, 0.3) is 0 Å². The monoisotopic (exact) mass is 366 g/mol. The van der Waals surface area contributed by atoms with Gasteiger partial charge in [-0.1, -0.05) is 23.7 Å². The van der Waals surface area contributed by atoms with Crippen molar-refractivity contribution in [2.45, 2.75) is 20.8 Å². The minimum atomic E-state index is -0.319. The van der Waals surface area contributed by atoms with Crippen molar-refractivity contribution in [1.29, 1.82) is 0 Å². The maximum Gasteiger partial charge on any atom is 0.274 e. The summed E-state index contributed by atoms with van der Waals surface area (Å²) in [5.41, 5.74) is 4.98. The van der Waals surface area contributed by atoms with Gasteiger partial charge in [0.25, 0.3) is 5.91 Å². The number of anilines is 3. The third-order valence-electron chi connectivity index (χ3n) is 4.17. The largest absolute Gasteiger partial charge is 0.324 e. The Balaban J connectivity index is 1.79. The number of rotatable bonds is 4. The Bertz CT molecular complexity index is 972. The van der Waals surface area contributed by atoms with Crippen LogP contribution in [0.2, 0.25) is 5.02 Å². The van der Waals surface area contributed by atoms with Gasteiger partial charge in [0.15, 0.2) is 0 Å². The summed E-state index contributed by atoms with van der Waals surface area (Å²) >= 11 is 6.10. The number of hydrogen-bond donors (Lipinski definition) is 2. The molecule has 0 atom stereocenters. The van der Waals surface area contributed by atoms with Gasteiger partial charge in [-0.15, -0.1) is 0 Å². The molecule has 0 unspecified atom stereocenters. The molecule has 26 heavy (non-hydrogen) atoms. The van der Waals surface area contributed by atoms with Crippen LogP contribution in [0.1, 0.15) is 27.2 Å². The summed E-state index contributed by atoms with van der Waals surface area (Å²) in [7, 11) is 0. The van der Waals surface area contributed by atoms with E-state index in [0.29, 0.717) is 16.7 Å².